The summed E-state index contributed by atoms with van der Waals surface area (Å²) in [5, 5.41) is 15.4. The van der Waals surface area contributed by atoms with Crippen LogP contribution in [-0.2, 0) is 4.79 Å². The molecule has 4 nitrogen and oxygen atoms in total. The van der Waals surface area contributed by atoms with Gasteiger partial charge in [-0.25, -0.2) is 0 Å². The Morgan fingerprint density at radius 3 is 3.00 bits per heavy atom. The van der Waals surface area contributed by atoms with Crippen molar-refractivity contribution >= 4 is 11.6 Å². The summed E-state index contributed by atoms with van der Waals surface area (Å²) in [7, 11) is 0. The number of rotatable bonds is 2. The van der Waals surface area contributed by atoms with Crippen molar-refractivity contribution in [2.75, 3.05) is 11.9 Å². The van der Waals surface area contributed by atoms with Gasteiger partial charge in [-0.05, 0) is 37.9 Å². The second-order valence-corrected chi connectivity index (χ2v) is 4.14. The van der Waals surface area contributed by atoms with E-state index in [0.29, 0.717) is 5.69 Å². The lowest BCUT2D eigenvalue weighted by Gasteiger charge is -2.11. The molecule has 16 heavy (non-hydrogen) atoms. The first-order valence-electron chi connectivity index (χ1n) is 5.50. The minimum Gasteiger partial charge on any atom is -0.508 e. The fraction of sp³-hybridized carbons (Fsp3) is 0.417. The van der Waals surface area contributed by atoms with E-state index in [1.54, 1.807) is 18.2 Å². The third-order valence-corrected chi connectivity index (χ3v) is 2.85. The van der Waals surface area contributed by atoms with Gasteiger partial charge in [0, 0.05) is 11.8 Å². The summed E-state index contributed by atoms with van der Waals surface area (Å²) < 4.78 is 0. The van der Waals surface area contributed by atoms with Crippen LogP contribution in [0.15, 0.2) is 18.2 Å². The molecule has 0 aliphatic carbocycles. The smallest absolute Gasteiger partial charge is 0.241 e. The molecule has 1 fully saturated rings. The van der Waals surface area contributed by atoms with Crippen LogP contribution >= 0.6 is 0 Å². The van der Waals surface area contributed by atoms with Crippen LogP contribution in [0.3, 0.4) is 0 Å². The molecule has 0 radical (unpaired) electrons. The summed E-state index contributed by atoms with van der Waals surface area (Å²) in [6.45, 7) is 2.72. The van der Waals surface area contributed by atoms with Crippen LogP contribution in [0.2, 0.25) is 0 Å². The molecule has 86 valence electrons. The Bertz CT molecular complexity index is 398. The topological polar surface area (TPSA) is 61.4 Å². The van der Waals surface area contributed by atoms with Crippen LogP contribution < -0.4 is 10.6 Å². The quantitative estimate of drug-likeness (QED) is 0.706. The Hall–Kier alpha value is -1.55. The second-order valence-electron chi connectivity index (χ2n) is 4.14. The Morgan fingerprint density at radius 2 is 2.38 bits per heavy atom. The molecule has 1 aromatic rings. The number of aromatic hydroxyl groups is 1. The van der Waals surface area contributed by atoms with Gasteiger partial charge in [-0.2, -0.15) is 0 Å². The van der Waals surface area contributed by atoms with Gasteiger partial charge in [-0.15, -0.1) is 0 Å². The zero-order valence-electron chi connectivity index (χ0n) is 9.29. The molecule has 3 N–H and O–H groups in total. The summed E-state index contributed by atoms with van der Waals surface area (Å²) in [6.07, 6.45) is 1.92. The fourth-order valence-electron chi connectivity index (χ4n) is 1.82. The van der Waals surface area contributed by atoms with E-state index in [2.05, 4.69) is 10.6 Å². The number of phenolic OH excluding ortho intramolecular Hbond substituents is 1. The molecule has 1 atom stereocenters. The summed E-state index contributed by atoms with van der Waals surface area (Å²) >= 11 is 0. The van der Waals surface area contributed by atoms with Gasteiger partial charge < -0.3 is 15.7 Å². The van der Waals surface area contributed by atoms with E-state index in [1.807, 2.05) is 6.92 Å². The largest absolute Gasteiger partial charge is 0.508 e. The van der Waals surface area contributed by atoms with Gasteiger partial charge in [0.25, 0.3) is 0 Å². The van der Waals surface area contributed by atoms with E-state index >= 15 is 0 Å². The van der Waals surface area contributed by atoms with Crippen molar-refractivity contribution in [1.29, 1.82) is 0 Å². The first-order chi connectivity index (χ1) is 7.66. The summed E-state index contributed by atoms with van der Waals surface area (Å²) in [6, 6.07) is 5.06. The van der Waals surface area contributed by atoms with Gasteiger partial charge in [0.2, 0.25) is 5.91 Å². The zero-order valence-corrected chi connectivity index (χ0v) is 9.29. The zero-order chi connectivity index (χ0) is 11.5. The first-order valence-corrected chi connectivity index (χ1v) is 5.50. The number of hydrogen-bond donors (Lipinski definition) is 3. The maximum Gasteiger partial charge on any atom is 0.241 e. The standard InChI is InChI=1S/C12H16N2O2/c1-8-4-5-9(7-11(8)15)14-12(16)10-3-2-6-13-10/h4-5,7,10,13,15H,2-3,6H2,1H3,(H,14,16). The van der Waals surface area contributed by atoms with Gasteiger partial charge in [-0.3, -0.25) is 4.79 Å². The monoisotopic (exact) mass is 220 g/mol. The van der Waals surface area contributed by atoms with Crippen LogP contribution in [0.1, 0.15) is 18.4 Å². The van der Waals surface area contributed by atoms with Gasteiger partial charge in [0.15, 0.2) is 0 Å². The first kappa shape index (κ1) is 11.0. The number of carbonyl (C=O) groups excluding carboxylic acids is 1. The van der Waals surface area contributed by atoms with Crippen LogP contribution in [0.5, 0.6) is 5.75 Å². The van der Waals surface area contributed by atoms with Crippen molar-refractivity contribution in [3.63, 3.8) is 0 Å². The minimum absolute atomic E-state index is 0.0271. The fourth-order valence-corrected chi connectivity index (χ4v) is 1.82. The molecule has 0 spiro atoms. The van der Waals surface area contributed by atoms with Crippen molar-refractivity contribution in [2.45, 2.75) is 25.8 Å². The number of amides is 1. The van der Waals surface area contributed by atoms with E-state index in [9.17, 15) is 9.90 Å². The van der Waals surface area contributed by atoms with E-state index in [0.717, 1.165) is 24.9 Å². The minimum atomic E-state index is -0.0940. The van der Waals surface area contributed by atoms with Crippen LogP contribution in [0.4, 0.5) is 5.69 Å². The van der Waals surface area contributed by atoms with Gasteiger partial charge in [-0.1, -0.05) is 6.07 Å². The van der Waals surface area contributed by atoms with E-state index < -0.39 is 0 Å². The van der Waals surface area contributed by atoms with Crippen molar-refractivity contribution in [1.82, 2.24) is 5.32 Å². The Kier molecular flexibility index (Phi) is 3.10. The van der Waals surface area contributed by atoms with E-state index in [1.165, 1.54) is 0 Å². The van der Waals surface area contributed by atoms with E-state index in [4.69, 9.17) is 0 Å². The molecule has 1 saturated heterocycles. The lowest BCUT2D eigenvalue weighted by Crippen LogP contribution is -2.35. The number of benzene rings is 1. The predicted octanol–water partition coefficient (Wildman–Crippen LogP) is 1.39. The van der Waals surface area contributed by atoms with Gasteiger partial charge >= 0.3 is 0 Å². The Balaban J connectivity index is 2.02. The summed E-state index contributed by atoms with van der Waals surface area (Å²) in [5.41, 5.74) is 1.44. The Labute approximate surface area is 94.7 Å². The lowest BCUT2D eigenvalue weighted by atomic mass is 10.2. The van der Waals surface area contributed by atoms with Crippen molar-refractivity contribution in [2.24, 2.45) is 0 Å². The summed E-state index contributed by atoms with van der Waals surface area (Å²) in [5.74, 6) is 0.179. The SMILES string of the molecule is Cc1ccc(NC(=O)C2CCCN2)cc1O. The van der Waals surface area contributed by atoms with Crippen molar-refractivity contribution in [3.8, 4) is 5.75 Å². The van der Waals surface area contributed by atoms with Crippen LogP contribution in [0.25, 0.3) is 0 Å². The molecule has 0 aromatic heterocycles. The average Bonchev–Trinajstić information content (AvgIpc) is 2.77. The highest BCUT2D eigenvalue weighted by molar-refractivity contribution is 5.95. The molecular weight excluding hydrogens is 204 g/mol. The number of hydrogen-bond acceptors (Lipinski definition) is 3. The highest BCUT2D eigenvalue weighted by atomic mass is 16.3. The third-order valence-electron chi connectivity index (χ3n) is 2.85. The predicted molar refractivity (Wildman–Crippen MR) is 62.5 cm³/mol. The maximum absolute atomic E-state index is 11.8. The molecule has 0 bridgehead atoms. The number of anilines is 1. The Morgan fingerprint density at radius 1 is 1.56 bits per heavy atom. The van der Waals surface area contributed by atoms with Crippen LogP contribution in [-0.4, -0.2) is 23.6 Å². The molecular formula is C12H16N2O2. The highest BCUT2D eigenvalue weighted by Crippen LogP contribution is 2.21. The molecule has 1 aliphatic heterocycles. The number of nitrogens with one attached hydrogen (secondary N) is 2. The van der Waals surface area contributed by atoms with Crippen molar-refractivity contribution in [3.05, 3.63) is 23.8 Å². The van der Waals surface area contributed by atoms with Crippen molar-refractivity contribution < 1.29 is 9.90 Å². The lowest BCUT2D eigenvalue weighted by molar-refractivity contribution is -0.117. The molecule has 1 aromatic carbocycles. The second kappa shape index (κ2) is 4.53. The normalized spacial score (nSPS) is 19.7. The molecule has 1 aliphatic rings. The molecule has 0 saturated carbocycles. The van der Waals surface area contributed by atoms with Gasteiger partial charge in [0.05, 0.1) is 6.04 Å². The molecule has 1 unspecified atom stereocenters. The average molecular weight is 220 g/mol. The van der Waals surface area contributed by atoms with Crippen LogP contribution in [0, 0.1) is 6.92 Å². The number of aryl methyl sites for hydroxylation is 1. The third kappa shape index (κ3) is 2.33. The van der Waals surface area contributed by atoms with Gasteiger partial charge in [0.1, 0.15) is 5.75 Å². The molecule has 2 rings (SSSR count). The molecule has 1 heterocycles. The van der Waals surface area contributed by atoms with E-state index in [-0.39, 0.29) is 17.7 Å². The number of carbonyl (C=O) groups is 1. The summed E-state index contributed by atoms with van der Waals surface area (Å²) in [4.78, 5) is 11.8. The highest BCUT2D eigenvalue weighted by Gasteiger charge is 2.21. The molecule has 4 heteroatoms. The maximum atomic E-state index is 11.8. The molecule has 1 amide bonds. The number of phenols is 1.